The van der Waals surface area contributed by atoms with E-state index in [4.69, 9.17) is 5.11 Å². The smallest absolute Gasteiger partial charge is 0.333 e. The lowest BCUT2D eigenvalue weighted by Crippen LogP contribution is -2.04. The minimum absolute atomic E-state index is 0.178. The molecule has 0 saturated heterocycles. The maximum Gasteiger partial charge on any atom is 0.333 e. The molecule has 0 rings (SSSR count). The summed E-state index contributed by atoms with van der Waals surface area (Å²) >= 11 is 0. The molecule has 0 aliphatic carbocycles. The van der Waals surface area contributed by atoms with E-state index in [1.54, 1.807) is 0 Å². The van der Waals surface area contributed by atoms with Crippen LogP contribution < -0.4 is 0 Å². The fourth-order valence-corrected chi connectivity index (χ4v) is 0.304. The molecule has 62 valence electrons. The molecule has 0 aliphatic heterocycles. The number of carboxylic acid groups (broad SMARTS) is 1. The minimum Gasteiger partial charge on any atom is -0.478 e. The molecule has 0 aliphatic rings. The van der Waals surface area contributed by atoms with Crippen LogP contribution in [-0.2, 0) is 19.1 Å². The molecule has 0 amide bonds. The minimum atomic E-state index is -1.20. The van der Waals surface area contributed by atoms with Crippen LogP contribution in [0.4, 0.5) is 0 Å². The van der Waals surface area contributed by atoms with Crippen molar-refractivity contribution in [2.24, 2.45) is 0 Å². The Bertz CT molecular complexity index is 172. The molecule has 0 aromatic heterocycles. The number of methoxy groups -OCH3 is 1. The standard InChI is InChI=1S/C6H8O5/c1-10-4-11-6(9)3-2-5(7)8/h2-3H,4H2,1H3,(H,7,8). The SMILES string of the molecule is COCOC(=O)C=CC(=O)O. The van der Waals surface area contributed by atoms with Crippen molar-refractivity contribution in [1.29, 1.82) is 0 Å². The van der Waals surface area contributed by atoms with Gasteiger partial charge in [0, 0.05) is 19.3 Å². The van der Waals surface area contributed by atoms with Gasteiger partial charge in [0.25, 0.3) is 0 Å². The number of carbonyl (C=O) groups excluding carboxylic acids is 1. The second kappa shape index (κ2) is 5.43. The van der Waals surface area contributed by atoms with Crippen molar-refractivity contribution in [2.45, 2.75) is 0 Å². The Hall–Kier alpha value is -1.36. The highest BCUT2D eigenvalue weighted by atomic mass is 16.7. The van der Waals surface area contributed by atoms with E-state index < -0.39 is 11.9 Å². The molecule has 0 aromatic rings. The van der Waals surface area contributed by atoms with Gasteiger partial charge in [0.1, 0.15) is 0 Å². The van der Waals surface area contributed by atoms with Crippen molar-refractivity contribution in [3.63, 3.8) is 0 Å². The summed E-state index contributed by atoms with van der Waals surface area (Å²) in [7, 11) is 1.36. The van der Waals surface area contributed by atoms with Gasteiger partial charge in [-0.2, -0.15) is 0 Å². The third-order valence-corrected chi connectivity index (χ3v) is 0.681. The summed E-state index contributed by atoms with van der Waals surface area (Å²) in [5.74, 6) is -1.94. The Morgan fingerprint density at radius 2 is 2.09 bits per heavy atom. The first-order chi connectivity index (χ1) is 5.16. The van der Waals surface area contributed by atoms with Gasteiger partial charge in [-0.05, 0) is 0 Å². The Kier molecular flexibility index (Phi) is 4.76. The highest BCUT2D eigenvalue weighted by molar-refractivity contribution is 5.90. The topological polar surface area (TPSA) is 72.8 Å². The van der Waals surface area contributed by atoms with E-state index in [9.17, 15) is 9.59 Å². The average molecular weight is 160 g/mol. The summed E-state index contributed by atoms with van der Waals surface area (Å²) in [6.45, 7) is -0.178. The van der Waals surface area contributed by atoms with E-state index in [2.05, 4.69) is 9.47 Å². The van der Waals surface area contributed by atoms with Crippen LogP contribution in [0.5, 0.6) is 0 Å². The fraction of sp³-hybridized carbons (Fsp3) is 0.333. The predicted octanol–water partition coefficient (Wildman–Crippen LogP) is -0.226. The molecule has 0 spiro atoms. The molecule has 0 aromatic carbocycles. The van der Waals surface area contributed by atoms with E-state index in [-0.39, 0.29) is 6.79 Å². The van der Waals surface area contributed by atoms with Gasteiger partial charge in [-0.15, -0.1) is 0 Å². The molecule has 0 fully saturated rings. The summed E-state index contributed by atoms with van der Waals surface area (Å²) in [5.41, 5.74) is 0. The third-order valence-electron chi connectivity index (χ3n) is 0.681. The Morgan fingerprint density at radius 1 is 1.45 bits per heavy atom. The predicted molar refractivity (Wildman–Crippen MR) is 34.7 cm³/mol. The zero-order valence-electron chi connectivity index (χ0n) is 5.94. The first-order valence-electron chi connectivity index (χ1n) is 2.73. The molecule has 0 bridgehead atoms. The van der Waals surface area contributed by atoms with Crippen LogP contribution in [0.1, 0.15) is 0 Å². The van der Waals surface area contributed by atoms with Gasteiger partial charge in [-0.3, -0.25) is 0 Å². The molecule has 5 heteroatoms. The second-order valence-electron chi connectivity index (χ2n) is 1.54. The zero-order valence-corrected chi connectivity index (χ0v) is 5.94. The summed E-state index contributed by atoms with van der Waals surface area (Å²) < 4.78 is 8.73. The van der Waals surface area contributed by atoms with Gasteiger partial charge < -0.3 is 14.6 Å². The van der Waals surface area contributed by atoms with E-state index in [0.717, 1.165) is 6.08 Å². The van der Waals surface area contributed by atoms with Gasteiger partial charge in [0.05, 0.1) is 0 Å². The maximum absolute atomic E-state index is 10.5. The Balaban J connectivity index is 3.60. The zero-order chi connectivity index (χ0) is 8.69. The number of ether oxygens (including phenoxy) is 2. The molecule has 0 saturated carbocycles. The highest BCUT2D eigenvalue weighted by Gasteiger charge is 1.95. The van der Waals surface area contributed by atoms with Gasteiger partial charge in [0.15, 0.2) is 6.79 Å². The van der Waals surface area contributed by atoms with Crippen LogP contribution in [-0.4, -0.2) is 30.9 Å². The van der Waals surface area contributed by atoms with Crippen LogP contribution in [0, 0.1) is 0 Å². The summed E-state index contributed by atoms with van der Waals surface area (Å²) in [6.07, 6.45) is 1.50. The van der Waals surface area contributed by atoms with Crippen LogP contribution in [0.25, 0.3) is 0 Å². The van der Waals surface area contributed by atoms with Crippen LogP contribution in [0.15, 0.2) is 12.2 Å². The number of aliphatic carboxylic acids is 1. The molecule has 11 heavy (non-hydrogen) atoms. The van der Waals surface area contributed by atoms with Crippen molar-refractivity contribution < 1.29 is 24.2 Å². The van der Waals surface area contributed by atoms with E-state index in [0.29, 0.717) is 6.08 Å². The van der Waals surface area contributed by atoms with Crippen LogP contribution in [0.3, 0.4) is 0 Å². The van der Waals surface area contributed by atoms with Crippen molar-refractivity contribution in [2.75, 3.05) is 13.9 Å². The monoisotopic (exact) mass is 160 g/mol. The number of esters is 1. The third kappa shape index (κ3) is 6.53. The van der Waals surface area contributed by atoms with Gasteiger partial charge in [0.2, 0.25) is 0 Å². The van der Waals surface area contributed by atoms with E-state index >= 15 is 0 Å². The lowest BCUT2D eigenvalue weighted by atomic mass is 10.5. The first-order valence-corrected chi connectivity index (χ1v) is 2.73. The molecule has 1 N–H and O–H groups in total. The van der Waals surface area contributed by atoms with Gasteiger partial charge in [-0.1, -0.05) is 0 Å². The Labute approximate surface area is 63.2 Å². The summed E-state index contributed by atoms with van der Waals surface area (Å²) in [4.78, 5) is 20.3. The molecule has 5 nitrogen and oxygen atoms in total. The van der Waals surface area contributed by atoms with Crippen LogP contribution in [0.2, 0.25) is 0 Å². The molecular formula is C6H8O5. The molecule has 0 unspecified atom stereocenters. The number of hydrogen-bond donors (Lipinski definition) is 1. The number of carboxylic acids is 1. The lowest BCUT2D eigenvalue weighted by Gasteiger charge is -1.96. The lowest BCUT2D eigenvalue weighted by molar-refractivity contribution is -0.148. The maximum atomic E-state index is 10.5. The van der Waals surface area contributed by atoms with Gasteiger partial charge >= 0.3 is 11.9 Å². The number of carbonyl (C=O) groups is 2. The quantitative estimate of drug-likeness (QED) is 0.349. The Morgan fingerprint density at radius 3 is 2.55 bits per heavy atom. The molecule has 0 radical (unpaired) electrons. The van der Waals surface area contributed by atoms with Crippen LogP contribution >= 0.6 is 0 Å². The molecule has 0 heterocycles. The van der Waals surface area contributed by atoms with Crippen molar-refractivity contribution in [1.82, 2.24) is 0 Å². The number of hydrogen-bond acceptors (Lipinski definition) is 4. The van der Waals surface area contributed by atoms with Gasteiger partial charge in [-0.25, -0.2) is 9.59 Å². The summed E-state index contributed by atoms with van der Waals surface area (Å²) in [5, 5.41) is 8.06. The molecular weight excluding hydrogens is 152 g/mol. The second-order valence-corrected chi connectivity index (χ2v) is 1.54. The number of rotatable bonds is 4. The first kappa shape index (κ1) is 9.64. The molecule has 0 atom stereocenters. The summed E-state index contributed by atoms with van der Waals surface area (Å²) in [6, 6.07) is 0. The highest BCUT2D eigenvalue weighted by Crippen LogP contribution is 1.81. The van der Waals surface area contributed by atoms with E-state index in [1.807, 2.05) is 0 Å². The van der Waals surface area contributed by atoms with Crippen molar-refractivity contribution in [3.05, 3.63) is 12.2 Å². The average Bonchev–Trinajstić information content (AvgIpc) is 1.97. The van der Waals surface area contributed by atoms with Crippen molar-refractivity contribution in [3.8, 4) is 0 Å². The normalized spacial score (nSPS) is 9.91. The van der Waals surface area contributed by atoms with Crippen molar-refractivity contribution >= 4 is 11.9 Å². The fourth-order valence-electron chi connectivity index (χ4n) is 0.304. The largest absolute Gasteiger partial charge is 0.478 e. The van der Waals surface area contributed by atoms with E-state index in [1.165, 1.54) is 7.11 Å².